The van der Waals surface area contributed by atoms with E-state index >= 15 is 0 Å². The number of carboxylic acids is 1. The van der Waals surface area contributed by atoms with Gasteiger partial charge < -0.3 is 14.9 Å². The molecule has 0 radical (unpaired) electrons. The highest BCUT2D eigenvalue weighted by atomic mass is 16.5. The molecule has 12 atom stereocenters. The first kappa shape index (κ1) is 24.4. The normalized spacial score (nSPS) is 57.6. The first-order valence-electron chi connectivity index (χ1n) is 14.2. The van der Waals surface area contributed by atoms with Gasteiger partial charge in [0.25, 0.3) is 0 Å². The maximum absolute atomic E-state index is 14.0. The monoisotopic (exact) mass is 487 g/mol. The molecule has 0 amide bonds. The summed E-state index contributed by atoms with van der Waals surface area (Å²) in [6.07, 6.45) is 6.94. The van der Waals surface area contributed by atoms with Crippen molar-refractivity contribution in [1.82, 2.24) is 4.90 Å². The van der Waals surface area contributed by atoms with Gasteiger partial charge >= 0.3 is 5.97 Å². The highest BCUT2D eigenvalue weighted by Crippen LogP contribution is 2.72. The van der Waals surface area contributed by atoms with E-state index in [9.17, 15) is 19.8 Å². The fraction of sp³-hybridized carbons (Fsp3) is 0.931. The molecule has 0 aromatic heterocycles. The Morgan fingerprint density at radius 3 is 2.54 bits per heavy atom. The van der Waals surface area contributed by atoms with Gasteiger partial charge in [0.2, 0.25) is 0 Å². The van der Waals surface area contributed by atoms with Crippen LogP contribution < -0.4 is 0 Å². The number of ketones is 1. The molecule has 6 fully saturated rings. The fourth-order valence-electron chi connectivity index (χ4n) is 11.1. The number of hydrogen-bond donors (Lipinski definition) is 2. The van der Waals surface area contributed by atoms with Crippen LogP contribution in [0.1, 0.15) is 92.4 Å². The Kier molecular flexibility index (Phi) is 5.25. The third-order valence-electron chi connectivity index (χ3n) is 12.5. The Morgan fingerprint density at radius 1 is 1.09 bits per heavy atom. The predicted octanol–water partition coefficient (Wildman–Crippen LogP) is 4.49. The molecule has 6 rings (SSSR count). The number of aliphatic carboxylic acids is 1. The van der Waals surface area contributed by atoms with E-state index in [2.05, 4.69) is 39.5 Å². The lowest BCUT2D eigenvalue weighted by molar-refractivity contribution is -0.266. The fourth-order valence-corrected chi connectivity index (χ4v) is 11.1. The molecule has 0 aromatic rings. The van der Waals surface area contributed by atoms with Crippen molar-refractivity contribution >= 4 is 11.8 Å². The molecule has 3 saturated carbocycles. The Labute approximate surface area is 210 Å². The number of fused-ring (bicyclic) bond motifs is 6. The summed E-state index contributed by atoms with van der Waals surface area (Å²) in [5.74, 6) is 0.442. The molecule has 6 heteroatoms. The van der Waals surface area contributed by atoms with Crippen molar-refractivity contribution in [2.24, 2.45) is 45.8 Å². The van der Waals surface area contributed by atoms with E-state index in [1.807, 2.05) is 0 Å². The molecule has 2 N–H and O–H groups in total. The maximum Gasteiger partial charge on any atom is 0.303 e. The van der Waals surface area contributed by atoms with Crippen LogP contribution in [0.25, 0.3) is 0 Å². The lowest BCUT2D eigenvalue weighted by Crippen LogP contribution is -2.74. The highest BCUT2D eigenvalue weighted by molar-refractivity contribution is 5.85. The van der Waals surface area contributed by atoms with Crippen molar-refractivity contribution in [3.63, 3.8) is 0 Å². The van der Waals surface area contributed by atoms with Crippen LogP contribution in [0, 0.1) is 45.8 Å². The van der Waals surface area contributed by atoms with Gasteiger partial charge in [-0.25, -0.2) is 0 Å². The molecule has 6 nitrogen and oxygen atoms in total. The first-order valence-corrected chi connectivity index (χ1v) is 14.2. The molecule has 35 heavy (non-hydrogen) atoms. The molecule has 0 aromatic carbocycles. The third kappa shape index (κ3) is 3.11. The minimum absolute atomic E-state index is 0.00464. The Hall–Kier alpha value is -0.980. The summed E-state index contributed by atoms with van der Waals surface area (Å²) in [5, 5.41) is 21.3. The van der Waals surface area contributed by atoms with E-state index in [4.69, 9.17) is 4.74 Å². The van der Waals surface area contributed by atoms with E-state index < -0.39 is 17.5 Å². The van der Waals surface area contributed by atoms with Crippen LogP contribution in [-0.2, 0) is 14.3 Å². The second-order valence-corrected chi connectivity index (χ2v) is 14.5. The average Bonchev–Trinajstić information content (AvgIpc) is 3.01. The van der Waals surface area contributed by atoms with E-state index in [0.717, 1.165) is 51.5 Å². The first-order chi connectivity index (χ1) is 16.3. The van der Waals surface area contributed by atoms with Gasteiger partial charge in [0.15, 0.2) is 0 Å². The van der Waals surface area contributed by atoms with E-state index in [1.165, 1.54) is 0 Å². The topological polar surface area (TPSA) is 87.1 Å². The number of piperidine rings is 1. The number of Topliss-reactive ketones (excluding diaryl/α,β-unsaturated/α-hetero) is 1. The van der Waals surface area contributed by atoms with Crippen LogP contribution in [0.4, 0.5) is 0 Å². The zero-order valence-electron chi connectivity index (χ0n) is 22.3. The standard InChI is InChI=1S/C29H45NO5/c1-16-9-20-19(21(31)10-16)11-22(32)25-26(20,3)13-23-27(4,28(25,5)14-24(33)34)6-7-29-12-17(2)8-18(35-29)15-30(23)29/h16-21,23,25,31H,6-15H2,1-5H3,(H,33,34). The maximum atomic E-state index is 14.0. The van der Waals surface area contributed by atoms with Crippen molar-refractivity contribution in [3.8, 4) is 0 Å². The summed E-state index contributed by atoms with van der Waals surface area (Å²) in [6.45, 7) is 12.2. The van der Waals surface area contributed by atoms with Gasteiger partial charge in [-0.15, -0.1) is 0 Å². The predicted molar refractivity (Wildman–Crippen MR) is 131 cm³/mol. The molecule has 3 aliphatic carbocycles. The summed E-state index contributed by atoms with van der Waals surface area (Å²) >= 11 is 0. The number of rotatable bonds is 2. The minimum atomic E-state index is -0.797. The summed E-state index contributed by atoms with van der Waals surface area (Å²) in [6, 6.07) is 0.193. The van der Waals surface area contributed by atoms with E-state index in [-0.39, 0.29) is 58.7 Å². The summed E-state index contributed by atoms with van der Waals surface area (Å²) < 4.78 is 6.74. The van der Waals surface area contributed by atoms with Crippen LogP contribution in [0.15, 0.2) is 0 Å². The molecule has 3 saturated heterocycles. The smallest absolute Gasteiger partial charge is 0.303 e. The van der Waals surface area contributed by atoms with Gasteiger partial charge in [0.05, 0.1) is 18.6 Å². The number of ether oxygens (including phenoxy) is 1. The quantitative estimate of drug-likeness (QED) is 0.597. The molecule has 3 heterocycles. The van der Waals surface area contributed by atoms with E-state index in [0.29, 0.717) is 18.3 Å². The largest absolute Gasteiger partial charge is 0.481 e. The highest BCUT2D eigenvalue weighted by Gasteiger charge is 2.73. The second-order valence-electron chi connectivity index (χ2n) is 14.5. The number of aliphatic hydroxyl groups excluding tert-OH is 1. The van der Waals surface area contributed by atoms with Gasteiger partial charge in [-0.1, -0.05) is 34.6 Å². The molecule has 6 aliphatic rings. The summed E-state index contributed by atoms with van der Waals surface area (Å²) in [7, 11) is 0. The number of aliphatic hydroxyl groups is 1. The van der Waals surface area contributed by atoms with Gasteiger partial charge in [-0.3, -0.25) is 14.5 Å². The SMILES string of the molecule is CC1CC(O)C2CC(=O)C3C(C)(CC4N5CC6CC(C)CC5(CCC4(C)C3(C)CC(=O)O)O6)C2C1. The minimum Gasteiger partial charge on any atom is -0.481 e. The van der Waals surface area contributed by atoms with Crippen molar-refractivity contribution in [3.05, 3.63) is 0 Å². The zero-order chi connectivity index (χ0) is 25.1. The van der Waals surface area contributed by atoms with Gasteiger partial charge in [0, 0.05) is 24.9 Å². The van der Waals surface area contributed by atoms with Crippen LogP contribution in [0.2, 0.25) is 0 Å². The lowest BCUT2D eigenvalue weighted by Gasteiger charge is -2.72. The van der Waals surface area contributed by atoms with Crippen molar-refractivity contribution in [2.75, 3.05) is 6.54 Å². The van der Waals surface area contributed by atoms with Gasteiger partial charge in [0.1, 0.15) is 11.5 Å². The van der Waals surface area contributed by atoms with Crippen LogP contribution in [0.5, 0.6) is 0 Å². The number of nitrogens with zero attached hydrogens (tertiary/aromatic N) is 1. The number of carbonyl (C=O) groups is 2. The third-order valence-corrected chi connectivity index (χ3v) is 12.5. The van der Waals surface area contributed by atoms with Crippen LogP contribution >= 0.6 is 0 Å². The number of carboxylic acid groups (broad SMARTS) is 1. The second kappa shape index (κ2) is 7.54. The molecular formula is C29H45NO5. The zero-order valence-corrected chi connectivity index (χ0v) is 22.3. The Bertz CT molecular complexity index is 938. The van der Waals surface area contributed by atoms with Gasteiger partial charge in [-0.2, -0.15) is 0 Å². The van der Waals surface area contributed by atoms with Gasteiger partial charge in [-0.05, 0) is 84.9 Å². The van der Waals surface area contributed by atoms with E-state index in [1.54, 1.807) is 0 Å². The lowest BCUT2D eigenvalue weighted by atomic mass is 9.35. The molecule has 1 spiro atoms. The van der Waals surface area contributed by atoms with Crippen molar-refractivity contribution < 1.29 is 24.5 Å². The average molecular weight is 488 g/mol. The number of carbonyl (C=O) groups excluding carboxylic acids is 1. The van der Waals surface area contributed by atoms with Crippen molar-refractivity contribution in [1.29, 1.82) is 0 Å². The Morgan fingerprint density at radius 2 is 1.83 bits per heavy atom. The molecule has 2 bridgehead atoms. The summed E-state index contributed by atoms with van der Waals surface area (Å²) in [5.41, 5.74) is -1.44. The summed E-state index contributed by atoms with van der Waals surface area (Å²) in [4.78, 5) is 29.1. The molecule has 3 aliphatic heterocycles. The van der Waals surface area contributed by atoms with Crippen LogP contribution in [0.3, 0.4) is 0 Å². The number of hydrogen-bond acceptors (Lipinski definition) is 5. The molecule has 196 valence electrons. The molecular weight excluding hydrogens is 442 g/mol. The van der Waals surface area contributed by atoms with Crippen molar-refractivity contribution in [2.45, 2.75) is 116 Å². The Balaban J connectivity index is 1.50. The molecule has 12 unspecified atom stereocenters. The van der Waals surface area contributed by atoms with Crippen LogP contribution in [-0.4, -0.2) is 57.4 Å².